The second-order valence-electron chi connectivity index (χ2n) is 8.44. The molecule has 1 amide bonds. The lowest BCUT2D eigenvalue weighted by Crippen LogP contribution is -2.52. The molecule has 4 rings (SSSR count). The van der Waals surface area contributed by atoms with E-state index in [2.05, 4.69) is 0 Å². The Morgan fingerprint density at radius 3 is 2.44 bits per heavy atom. The minimum atomic E-state index is -0.776. The minimum absolute atomic E-state index is 0.100. The third-order valence-corrected chi connectivity index (χ3v) is 6.06. The van der Waals surface area contributed by atoms with Crippen LogP contribution in [0.25, 0.3) is 0 Å². The van der Waals surface area contributed by atoms with Crippen molar-refractivity contribution in [2.24, 2.45) is 0 Å². The van der Waals surface area contributed by atoms with Gasteiger partial charge in [0.2, 0.25) is 0 Å². The summed E-state index contributed by atoms with van der Waals surface area (Å²) in [6.07, 6.45) is 0.759. The van der Waals surface area contributed by atoms with Crippen molar-refractivity contribution in [1.82, 2.24) is 4.90 Å². The molecule has 2 aliphatic heterocycles. The van der Waals surface area contributed by atoms with Gasteiger partial charge in [-0.15, -0.1) is 0 Å². The van der Waals surface area contributed by atoms with Crippen LogP contribution in [0.5, 0.6) is 11.5 Å². The predicted molar refractivity (Wildman–Crippen MR) is 117 cm³/mol. The number of amides is 1. The number of hydrogen-bond donors (Lipinski definition) is 0. The molecule has 168 valence electrons. The largest absolute Gasteiger partial charge is 0.513 e. The van der Waals surface area contributed by atoms with E-state index in [0.29, 0.717) is 55.0 Å². The van der Waals surface area contributed by atoms with Gasteiger partial charge in [0.15, 0.2) is 5.78 Å². The van der Waals surface area contributed by atoms with Gasteiger partial charge < -0.3 is 19.1 Å². The van der Waals surface area contributed by atoms with E-state index < -0.39 is 11.8 Å². The van der Waals surface area contributed by atoms with Gasteiger partial charge in [0.25, 0.3) is 5.91 Å². The van der Waals surface area contributed by atoms with Gasteiger partial charge in [-0.05, 0) is 62.2 Å². The van der Waals surface area contributed by atoms with Gasteiger partial charge in [-0.1, -0.05) is 6.07 Å². The molecule has 1 spiro atoms. The van der Waals surface area contributed by atoms with Crippen LogP contribution < -0.4 is 9.47 Å². The van der Waals surface area contributed by atoms with Gasteiger partial charge in [0.05, 0.1) is 18.6 Å². The Morgan fingerprint density at radius 1 is 1.09 bits per heavy atom. The number of ether oxygens (including phenoxy) is 3. The Morgan fingerprint density at radius 2 is 1.78 bits per heavy atom. The number of carbonyl (C=O) groups excluding carboxylic acids is 3. The van der Waals surface area contributed by atoms with Crippen molar-refractivity contribution >= 4 is 17.8 Å². The summed E-state index contributed by atoms with van der Waals surface area (Å²) >= 11 is 0. The highest BCUT2D eigenvalue weighted by atomic mass is 16.7. The zero-order valence-electron chi connectivity index (χ0n) is 18.6. The van der Waals surface area contributed by atoms with E-state index >= 15 is 0 Å². The lowest BCUT2D eigenvalue weighted by molar-refractivity contribution is -0.00581. The van der Waals surface area contributed by atoms with Crippen LogP contribution >= 0.6 is 0 Å². The van der Waals surface area contributed by atoms with E-state index in [4.69, 9.17) is 14.2 Å². The SMILES string of the molecule is CCOC(=O)Oc1ccc(C(=O)N2CCC3(CC2)CC(=O)c2c(C)cc(C)cc2O3)cc1. The van der Waals surface area contributed by atoms with Crippen LogP contribution in [-0.4, -0.2) is 48.0 Å². The van der Waals surface area contributed by atoms with Crippen LogP contribution in [0, 0.1) is 13.8 Å². The molecule has 2 heterocycles. The Balaban J connectivity index is 1.41. The summed E-state index contributed by atoms with van der Waals surface area (Å²) < 4.78 is 16.2. The Bertz CT molecular complexity index is 1050. The fraction of sp³-hybridized carbons (Fsp3) is 0.400. The number of rotatable bonds is 3. The van der Waals surface area contributed by atoms with E-state index in [9.17, 15) is 14.4 Å². The molecule has 2 aromatic rings. The summed E-state index contributed by atoms with van der Waals surface area (Å²) in [5.41, 5.74) is 2.65. The molecular weight excluding hydrogens is 410 g/mol. The molecule has 0 N–H and O–H groups in total. The quantitative estimate of drug-likeness (QED) is 0.520. The van der Waals surface area contributed by atoms with Gasteiger partial charge in [0, 0.05) is 31.5 Å². The topological polar surface area (TPSA) is 82.1 Å². The molecule has 2 aromatic carbocycles. The van der Waals surface area contributed by atoms with Crippen LogP contribution in [0.15, 0.2) is 36.4 Å². The number of carbonyl (C=O) groups is 3. The lowest BCUT2D eigenvalue weighted by Gasteiger charge is -2.44. The Labute approximate surface area is 187 Å². The van der Waals surface area contributed by atoms with Crippen molar-refractivity contribution in [2.45, 2.75) is 45.6 Å². The molecule has 1 fully saturated rings. The number of piperidine rings is 1. The van der Waals surface area contributed by atoms with Crippen LogP contribution in [0.4, 0.5) is 4.79 Å². The molecule has 0 unspecified atom stereocenters. The molecule has 0 aliphatic carbocycles. The fourth-order valence-corrected chi connectivity index (χ4v) is 4.50. The number of ketones is 1. The Hall–Kier alpha value is -3.35. The number of likely N-dealkylation sites (tertiary alicyclic amines) is 1. The van der Waals surface area contributed by atoms with E-state index in [1.165, 1.54) is 0 Å². The second-order valence-corrected chi connectivity index (χ2v) is 8.44. The molecular formula is C25H27NO6. The number of Topliss-reactive ketones (excluding diaryl/α,β-unsaturated/α-hetero) is 1. The van der Waals surface area contributed by atoms with Crippen LogP contribution in [0.3, 0.4) is 0 Å². The summed E-state index contributed by atoms with van der Waals surface area (Å²) in [6.45, 7) is 6.87. The highest BCUT2D eigenvalue weighted by molar-refractivity contribution is 6.02. The summed E-state index contributed by atoms with van der Waals surface area (Å²) in [6, 6.07) is 10.3. The van der Waals surface area contributed by atoms with Crippen molar-refractivity contribution < 1.29 is 28.6 Å². The molecule has 32 heavy (non-hydrogen) atoms. The standard InChI is InChI=1S/C25H27NO6/c1-4-30-24(29)31-19-7-5-18(6-8-19)23(28)26-11-9-25(10-12-26)15-20(27)22-17(3)13-16(2)14-21(22)32-25/h5-8,13-14H,4,9-12,15H2,1-3H3. The van der Waals surface area contributed by atoms with Crippen LogP contribution in [0.2, 0.25) is 0 Å². The van der Waals surface area contributed by atoms with Gasteiger partial charge in [-0.25, -0.2) is 4.79 Å². The predicted octanol–water partition coefficient (Wildman–Crippen LogP) is 4.48. The molecule has 0 saturated carbocycles. The average Bonchev–Trinajstić information content (AvgIpc) is 2.73. The zero-order valence-corrected chi connectivity index (χ0v) is 18.6. The number of benzene rings is 2. The molecule has 0 atom stereocenters. The zero-order chi connectivity index (χ0) is 22.9. The van der Waals surface area contributed by atoms with Crippen molar-refractivity contribution in [3.8, 4) is 11.5 Å². The van der Waals surface area contributed by atoms with Crippen molar-refractivity contribution in [3.05, 3.63) is 58.7 Å². The maximum atomic E-state index is 12.9. The van der Waals surface area contributed by atoms with E-state index in [1.807, 2.05) is 26.0 Å². The molecule has 0 radical (unpaired) electrons. The molecule has 7 heteroatoms. The molecule has 0 bridgehead atoms. The minimum Gasteiger partial charge on any atom is -0.486 e. The fourth-order valence-electron chi connectivity index (χ4n) is 4.50. The summed E-state index contributed by atoms with van der Waals surface area (Å²) in [5, 5.41) is 0. The second kappa shape index (κ2) is 8.65. The summed E-state index contributed by atoms with van der Waals surface area (Å²) in [7, 11) is 0. The van der Waals surface area contributed by atoms with Gasteiger partial charge >= 0.3 is 6.16 Å². The highest BCUT2D eigenvalue weighted by Crippen LogP contribution is 2.41. The van der Waals surface area contributed by atoms with Gasteiger partial charge in [0.1, 0.15) is 17.1 Å². The van der Waals surface area contributed by atoms with E-state index in [-0.39, 0.29) is 18.3 Å². The Kier molecular flexibility index (Phi) is 5.91. The van der Waals surface area contributed by atoms with Crippen molar-refractivity contribution in [1.29, 1.82) is 0 Å². The van der Waals surface area contributed by atoms with Crippen LogP contribution in [-0.2, 0) is 4.74 Å². The highest BCUT2D eigenvalue weighted by Gasteiger charge is 2.44. The van der Waals surface area contributed by atoms with Crippen molar-refractivity contribution in [2.75, 3.05) is 19.7 Å². The lowest BCUT2D eigenvalue weighted by atomic mass is 9.81. The maximum Gasteiger partial charge on any atom is 0.513 e. The van der Waals surface area contributed by atoms with E-state index in [0.717, 1.165) is 11.1 Å². The van der Waals surface area contributed by atoms with Crippen molar-refractivity contribution in [3.63, 3.8) is 0 Å². The first-order valence-corrected chi connectivity index (χ1v) is 10.9. The molecule has 2 aliphatic rings. The third kappa shape index (κ3) is 4.33. The molecule has 0 aromatic heterocycles. The van der Waals surface area contributed by atoms with Gasteiger partial charge in [-0.2, -0.15) is 0 Å². The number of aryl methyl sites for hydroxylation is 2. The average molecular weight is 437 g/mol. The first-order chi connectivity index (χ1) is 15.3. The number of fused-ring (bicyclic) bond motifs is 1. The monoisotopic (exact) mass is 437 g/mol. The maximum absolute atomic E-state index is 12.9. The van der Waals surface area contributed by atoms with Crippen LogP contribution in [0.1, 0.15) is 58.0 Å². The number of nitrogens with zero attached hydrogens (tertiary/aromatic N) is 1. The first-order valence-electron chi connectivity index (χ1n) is 10.9. The normalized spacial score (nSPS) is 16.8. The molecule has 1 saturated heterocycles. The van der Waals surface area contributed by atoms with Gasteiger partial charge in [-0.3, -0.25) is 9.59 Å². The summed E-state index contributed by atoms with van der Waals surface area (Å²) in [4.78, 5) is 39.0. The third-order valence-electron chi connectivity index (χ3n) is 6.06. The smallest absolute Gasteiger partial charge is 0.486 e. The first kappa shape index (κ1) is 21.9. The number of hydrogen-bond acceptors (Lipinski definition) is 6. The van der Waals surface area contributed by atoms with E-state index in [1.54, 1.807) is 36.1 Å². The molecule has 7 nitrogen and oxygen atoms in total. The summed E-state index contributed by atoms with van der Waals surface area (Å²) in [5.74, 6) is 0.990.